The van der Waals surface area contributed by atoms with Gasteiger partial charge in [0.1, 0.15) is 17.3 Å². The van der Waals surface area contributed by atoms with Crippen LogP contribution in [-0.4, -0.2) is 60.2 Å². The molecule has 1 aliphatic rings. The van der Waals surface area contributed by atoms with E-state index in [2.05, 4.69) is 64.0 Å². The number of hydrogen-bond acceptors (Lipinski definition) is 7. The zero-order chi connectivity index (χ0) is 29.6. The highest BCUT2D eigenvalue weighted by atomic mass is 32.2. The molecule has 1 fully saturated rings. The second-order valence-corrected chi connectivity index (χ2v) is 15.7. The monoisotopic (exact) mass is 586 g/mol. The quantitative estimate of drug-likeness (QED) is 0.366. The van der Waals surface area contributed by atoms with Crippen LogP contribution >= 0.6 is 11.3 Å². The van der Waals surface area contributed by atoms with Crippen molar-refractivity contribution >= 4 is 27.1 Å². The first-order chi connectivity index (χ1) is 18.5. The third kappa shape index (κ3) is 6.43. The van der Waals surface area contributed by atoms with E-state index in [0.29, 0.717) is 18.8 Å². The predicted molar refractivity (Wildman–Crippen MR) is 160 cm³/mol. The summed E-state index contributed by atoms with van der Waals surface area (Å²) in [6.45, 7) is 16.2. The maximum absolute atomic E-state index is 13.0. The second-order valence-electron chi connectivity index (χ2n) is 12.9. The first kappa shape index (κ1) is 30.2. The van der Waals surface area contributed by atoms with Crippen LogP contribution in [0.5, 0.6) is 5.75 Å². The Labute approximate surface area is 242 Å². The molecule has 218 valence electrons. The van der Waals surface area contributed by atoms with Gasteiger partial charge < -0.3 is 14.2 Å². The summed E-state index contributed by atoms with van der Waals surface area (Å²) in [5, 5.41) is 3.09. The van der Waals surface area contributed by atoms with Crippen LogP contribution in [0.4, 0.5) is 0 Å². The van der Waals surface area contributed by atoms with E-state index in [9.17, 15) is 13.2 Å². The number of hydrogen-bond donors (Lipinski definition) is 0. The van der Waals surface area contributed by atoms with Crippen molar-refractivity contribution in [2.75, 3.05) is 26.5 Å². The number of rotatable bonds is 6. The largest absolute Gasteiger partial charge is 0.496 e. The number of nitrogens with zero attached hydrogens (tertiary/aromatic N) is 4. The standard InChI is InChI=1S/C30H42N4O4S2/c1-19-16-34(28(31-19)40(9,36)37)17-25(35)33-12-10-20(11-13-33)24-18-39-27(32-24)21-14-22(29(2,3)4)26(38-8)23(15-21)30(5,6)7/h14-16,18,20H,10-13,17H2,1-9H3. The summed E-state index contributed by atoms with van der Waals surface area (Å²) in [4.78, 5) is 24.0. The highest BCUT2D eigenvalue weighted by Gasteiger charge is 2.30. The van der Waals surface area contributed by atoms with Gasteiger partial charge in [-0.15, -0.1) is 11.3 Å². The normalized spacial score (nSPS) is 15.5. The van der Waals surface area contributed by atoms with Crippen molar-refractivity contribution in [2.24, 2.45) is 0 Å². The molecule has 4 rings (SSSR count). The lowest BCUT2D eigenvalue weighted by atomic mass is 9.78. The number of methoxy groups -OCH3 is 1. The van der Waals surface area contributed by atoms with Crippen LogP contribution in [0, 0.1) is 6.92 Å². The molecule has 0 atom stereocenters. The van der Waals surface area contributed by atoms with Crippen LogP contribution in [-0.2, 0) is 32.0 Å². The number of likely N-dealkylation sites (tertiary alicyclic amines) is 1. The SMILES string of the molecule is COc1c(C(C)(C)C)cc(-c2nc(C3CCN(C(=O)Cn4cc(C)nc4S(C)(=O)=O)CC3)cs2)cc1C(C)(C)C. The summed E-state index contributed by atoms with van der Waals surface area (Å²) >= 11 is 1.66. The zero-order valence-electron chi connectivity index (χ0n) is 25.2. The molecular weight excluding hydrogens is 544 g/mol. The lowest BCUT2D eigenvalue weighted by Gasteiger charge is -2.31. The first-order valence-electron chi connectivity index (χ1n) is 13.7. The molecule has 2 aromatic heterocycles. The number of imidazole rings is 1. The summed E-state index contributed by atoms with van der Waals surface area (Å²) in [6, 6.07) is 4.45. The van der Waals surface area contributed by atoms with Crippen LogP contribution < -0.4 is 4.74 Å². The molecule has 0 radical (unpaired) electrons. The van der Waals surface area contributed by atoms with Gasteiger partial charge in [-0.2, -0.15) is 0 Å². The van der Waals surface area contributed by atoms with E-state index in [4.69, 9.17) is 9.72 Å². The number of amides is 1. The Morgan fingerprint density at radius 3 is 2.12 bits per heavy atom. The molecule has 0 saturated carbocycles. The number of aromatic nitrogens is 3. The van der Waals surface area contributed by atoms with E-state index in [0.717, 1.165) is 41.1 Å². The maximum atomic E-state index is 13.0. The number of piperidine rings is 1. The smallest absolute Gasteiger partial charge is 0.242 e. The van der Waals surface area contributed by atoms with Crippen molar-refractivity contribution in [1.82, 2.24) is 19.4 Å². The number of carbonyl (C=O) groups excluding carboxylic acids is 1. The Hall–Kier alpha value is -2.72. The van der Waals surface area contributed by atoms with E-state index in [1.165, 1.54) is 15.7 Å². The highest BCUT2D eigenvalue weighted by molar-refractivity contribution is 7.90. The molecule has 8 nitrogen and oxygen atoms in total. The van der Waals surface area contributed by atoms with E-state index < -0.39 is 9.84 Å². The number of benzene rings is 1. The summed E-state index contributed by atoms with van der Waals surface area (Å²) in [5.74, 6) is 1.13. The van der Waals surface area contributed by atoms with Crippen LogP contribution in [0.2, 0.25) is 0 Å². The Balaban J connectivity index is 1.50. The molecule has 40 heavy (non-hydrogen) atoms. The van der Waals surface area contributed by atoms with Gasteiger partial charge in [0, 0.05) is 53.5 Å². The Morgan fingerprint density at radius 2 is 1.62 bits per heavy atom. The van der Waals surface area contributed by atoms with E-state index in [1.807, 2.05) is 4.90 Å². The minimum atomic E-state index is -3.51. The molecule has 0 aliphatic carbocycles. The van der Waals surface area contributed by atoms with Crippen LogP contribution in [0.15, 0.2) is 28.9 Å². The summed E-state index contributed by atoms with van der Waals surface area (Å²) in [7, 11) is -1.76. The molecular formula is C30H42N4O4S2. The highest BCUT2D eigenvalue weighted by Crippen LogP contribution is 2.43. The molecule has 1 amide bonds. The van der Waals surface area contributed by atoms with Gasteiger partial charge >= 0.3 is 0 Å². The van der Waals surface area contributed by atoms with Crippen molar-refractivity contribution in [1.29, 1.82) is 0 Å². The maximum Gasteiger partial charge on any atom is 0.242 e. The average Bonchev–Trinajstić information content (AvgIpc) is 3.49. The fourth-order valence-corrected chi connectivity index (χ4v) is 7.04. The number of thiazole rings is 1. The van der Waals surface area contributed by atoms with Gasteiger partial charge in [-0.05, 0) is 42.7 Å². The van der Waals surface area contributed by atoms with E-state index >= 15 is 0 Å². The van der Waals surface area contributed by atoms with Crippen LogP contribution in [0.3, 0.4) is 0 Å². The topological polar surface area (TPSA) is 94.4 Å². The molecule has 1 aromatic carbocycles. The molecule has 0 N–H and O–H groups in total. The van der Waals surface area contributed by atoms with E-state index in [1.54, 1.807) is 31.6 Å². The van der Waals surface area contributed by atoms with E-state index in [-0.39, 0.29) is 34.4 Å². The number of ether oxygens (including phenoxy) is 1. The fraction of sp³-hybridized carbons (Fsp3) is 0.567. The van der Waals surface area contributed by atoms with Crippen LogP contribution in [0.25, 0.3) is 10.6 Å². The fourth-order valence-electron chi connectivity index (χ4n) is 5.30. The summed E-state index contributed by atoms with van der Waals surface area (Å²) in [6.07, 6.45) is 4.37. The van der Waals surface area contributed by atoms with Gasteiger partial charge in [0.2, 0.25) is 20.9 Å². The molecule has 3 aromatic rings. The zero-order valence-corrected chi connectivity index (χ0v) is 26.8. The van der Waals surface area contributed by atoms with Gasteiger partial charge in [0.15, 0.2) is 0 Å². The van der Waals surface area contributed by atoms with Crippen molar-refractivity contribution < 1.29 is 17.9 Å². The molecule has 1 aliphatic heterocycles. The molecule has 10 heteroatoms. The minimum absolute atomic E-state index is 0.0293. The Kier molecular flexibility index (Phi) is 8.26. The van der Waals surface area contributed by atoms with Crippen molar-refractivity contribution in [3.05, 3.63) is 46.2 Å². The molecule has 0 spiro atoms. The van der Waals surface area contributed by atoms with Gasteiger partial charge in [0.25, 0.3) is 0 Å². The molecule has 0 unspecified atom stereocenters. The molecule has 3 heterocycles. The second kappa shape index (κ2) is 10.9. The van der Waals surface area contributed by atoms with Crippen LogP contribution in [0.1, 0.15) is 82.8 Å². The number of aryl methyl sites for hydroxylation is 1. The summed E-state index contributed by atoms with van der Waals surface area (Å²) in [5.41, 5.74) is 4.93. The summed E-state index contributed by atoms with van der Waals surface area (Å²) < 4.78 is 31.5. The van der Waals surface area contributed by atoms with Gasteiger partial charge in [-0.3, -0.25) is 4.79 Å². The predicted octanol–water partition coefficient (Wildman–Crippen LogP) is 5.73. The lowest BCUT2D eigenvalue weighted by Crippen LogP contribution is -2.40. The third-order valence-corrected chi connectivity index (χ3v) is 9.34. The van der Waals surface area contributed by atoms with Gasteiger partial charge in [-0.25, -0.2) is 18.4 Å². The third-order valence-electron chi connectivity index (χ3n) is 7.44. The van der Waals surface area contributed by atoms with Gasteiger partial charge in [-0.1, -0.05) is 41.5 Å². The lowest BCUT2D eigenvalue weighted by molar-refractivity contribution is -0.133. The Morgan fingerprint density at radius 1 is 1.05 bits per heavy atom. The van der Waals surface area contributed by atoms with Crippen molar-refractivity contribution in [2.45, 2.75) is 89.8 Å². The average molecular weight is 587 g/mol. The van der Waals surface area contributed by atoms with Crippen molar-refractivity contribution in [3.63, 3.8) is 0 Å². The first-order valence-corrected chi connectivity index (χ1v) is 16.5. The molecule has 0 bridgehead atoms. The number of sulfone groups is 1. The molecule has 1 saturated heterocycles. The minimum Gasteiger partial charge on any atom is -0.496 e. The number of carbonyl (C=O) groups is 1. The Bertz CT molecular complexity index is 1460. The van der Waals surface area contributed by atoms with Crippen molar-refractivity contribution in [3.8, 4) is 16.3 Å². The van der Waals surface area contributed by atoms with Gasteiger partial charge in [0.05, 0.1) is 18.5 Å².